The monoisotopic (exact) mass is 541 g/mol. The second kappa shape index (κ2) is 12.3. The molecule has 1 aliphatic carbocycles. The number of aromatic amines is 1. The third kappa shape index (κ3) is 6.93. The third-order valence-electron chi connectivity index (χ3n) is 7.70. The molecule has 1 aliphatic rings. The minimum atomic E-state index is -0.716. The molecule has 1 saturated carbocycles. The summed E-state index contributed by atoms with van der Waals surface area (Å²) in [7, 11) is 0. The van der Waals surface area contributed by atoms with Crippen molar-refractivity contribution in [2.45, 2.75) is 83.7 Å². The van der Waals surface area contributed by atoms with E-state index < -0.39 is 11.9 Å². The van der Waals surface area contributed by atoms with Gasteiger partial charge in [-0.2, -0.15) is 9.37 Å². The molecule has 1 fully saturated rings. The van der Waals surface area contributed by atoms with Crippen LogP contribution in [0.25, 0.3) is 11.1 Å². The first-order valence-electron chi connectivity index (χ1n) is 13.4. The van der Waals surface area contributed by atoms with Gasteiger partial charge in [-0.3, -0.25) is 4.79 Å². The van der Waals surface area contributed by atoms with Crippen molar-refractivity contribution in [3.05, 3.63) is 65.0 Å². The molecule has 204 valence electrons. The van der Waals surface area contributed by atoms with E-state index in [0.29, 0.717) is 31.2 Å². The molecule has 38 heavy (non-hydrogen) atoms. The highest BCUT2D eigenvalue weighted by molar-refractivity contribution is 6.17. The maximum atomic E-state index is 13.2. The lowest BCUT2D eigenvalue weighted by molar-refractivity contribution is -0.143. The first-order valence-corrected chi connectivity index (χ1v) is 14.0. The number of rotatable bonds is 11. The number of carboxylic acids is 1. The van der Waals surface area contributed by atoms with E-state index in [1.807, 2.05) is 0 Å². The Hall–Kier alpha value is -2.93. The van der Waals surface area contributed by atoms with Gasteiger partial charge in [-0.1, -0.05) is 32.0 Å². The van der Waals surface area contributed by atoms with Crippen molar-refractivity contribution < 1.29 is 19.0 Å². The van der Waals surface area contributed by atoms with E-state index in [9.17, 15) is 14.3 Å². The maximum absolute atomic E-state index is 13.2. The number of hydrogen-bond acceptors (Lipinski definition) is 4. The number of nitrogens with zero attached hydrogens (tertiary/aromatic N) is 2. The first kappa shape index (κ1) is 28.1. The summed E-state index contributed by atoms with van der Waals surface area (Å²) in [5.74, 6) is -0.972. The van der Waals surface area contributed by atoms with Crippen LogP contribution in [0.2, 0.25) is 0 Å². The SMILES string of the molecule is Cc1cc(-c2ccc(F)nc2)ccc1CCCC(C)(C)c1nc(OC2CCC(C(=O)O)CC2)[nH]c1CCCl. The minimum Gasteiger partial charge on any atom is -0.481 e. The Bertz CT molecular complexity index is 1230. The number of carboxylic acid groups (broad SMARTS) is 1. The highest BCUT2D eigenvalue weighted by Crippen LogP contribution is 2.34. The van der Waals surface area contributed by atoms with E-state index in [-0.39, 0.29) is 17.4 Å². The molecule has 1 aromatic carbocycles. The number of H-pyrrole nitrogens is 1. The summed E-state index contributed by atoms with van der Waals surface area (Å²) in [5, 5.41) is 9.24. The van der Waals surface area contributed by atoms with Gasteiger partial charge in [0.25, 0.3) is 6.01 Å². The van der Waals surface area contributed by atoms with Crippen LogP contribution in [-0.4, -0.2) is 38.0 Å². The van der Waals surface area contributed by atoms with Crippen molar-refractivity contribution in [3.8, 4) is 17.1 Å². The van der Waals surface area contributed by atoms with Crippen molar-refractivity contribution in [3.63, 3.8) is 0 Å². The predicted molar refractivity (Wildman–Crippen MR) is 147 cm³/mol. The number of pyridine rings is 1. The molecule has 6 nitrogen and oxygen atoms in total. The van der Waals surface area contributed by atoms with Gasteiger partial charge >= 0.3 is 5.97 Å². The van der Waals surface area contributed by atoms with Crippen molar-refractivity contribution in [1.82, 2.24) is 15.0 Å². The molecule has 8 heteroatoms. The summed E-state index contributed by atoms with van der Waals surface area (Å²) < 4.78 is 19.3. The van der Waals surface area contributed by atoms with Crippen molar-refractivity contribution >= 4 is 17.6 Å². The molecule has 2 N–H and O–H groups in total. The van der Waals surface area contributed by atoms with Gasteiger partial charge in [-0.15, -0.1) is 11.6 Å². The zero-order valence-electron chi connectivity index (χ0n) is 22.4. The van der Waals surface area contributed by atoms with E-state index in [4.69, 9.17) is 21.3 Å². The molecule has 0 bridgehead atoms. The van der Waals surface area contributed by atoms with Crippen molar-refractivity contribution in [2.24, 2.45) is 5.92 Å². The smallest absolute Gasteiger partial charge is 0.306 e. The second-order valence-corrected chi connectivity index (χ2v) is 11.4. The number of aryl methyl sites for hydroxylation is 3. The molecule has 0 atom stereocenters. The van der Waals surface area contributed by atoms with Gasteiger partial charge in [0.1, 0.15) is 6.10 Å². The zero-order valence-corrected chi connectivity index (χ0v) is 23.2. The average Bonchev–Trinajstić information content (AvgIpc) is 3.29. The molecule has 0 aliphatic heterocycles. The lowest BCUT2D eigenvalue weighted by Gasteiger charge is -2.26. The Morgan fingerprint density at radius 1 is 1.16 bits per heavy atom. The van der Waals surface area contributed by atoms with Crippen LogP contribution >= 0.6 is 11.6 Å². The molecule has 2 aromatic heterocycles. The molecular weight excluding hydrogens is 505 g/mol. The predicted octanol–water partition coefficient (Wildman–Crippen LogP) is 7.02. The number of hydrogen-bond donors (Lipinski definition) is 2. The molecule has 2 heterocycles. The number of alkyl halides is 1. The number of nitrogens with one attached hydrogen (secondary N) is 1. The molecule has 0 amide bonds. The van der Waals surface area contributed by atoms with Gasteiger partial charge in [0.2, 0.25) is 5.95 Å². The standard InChI is InChI=1S/C30H37ClFN3O3/c1-19-17-22(23-10-13-26(32)33-18-23)7-6-20(19)5-4-15-30(2,3)27-25(14-16-31)34-29(35-27)38-24-11-8-21(9-12-24)28(36)37/h6-7,10,13,17-18,21,24H,4-5,8-9,11-12,14-16H2,1-3H3,(H,34,35)(H,36,37). The Kier molecular flexibility index (Phi) is 9.08. The summed E-state index contributed by atoms with van der Waals surface area (Å²) in [6, 6.07) is 10.0. The Morgan fingerprint density at radius 3 is 2.53 bits per heavy atom. The lowest BCUT2D eigenvalue weighted by Crippen LogP contribution is -2.28. The molecular formula is C30H37ClFN3O3. The Morgan fingerprint density at radius 2 is 1.89 bits per heavy atom. The van der Waals surface area contributed by atoms with Crippen molar-refractivity contribution in [1.29, 1.82) is 0 Å². The van der Waals surface area contributed by atoms with Gasteiger partial charge < -0.3 is 14.8 Å². The summed E-state index contributed by atoms with van der Waals surface area (Å²) in [6.07, 6.45) is 7.82. The van der Waals surface area contributed by atoms with Crippen LogP contribution in [0.15, 0.2) is 36.5 Å². The van der Waals surface area contributed by atoms with E-state index in [0.717, 1.165) is 54.6 Å². The van der Waals surface area contributed by atoms with E-state index in [1.165, 1.54) is 17.2 Å². The van der Waals surface area contributed by atoms with Gasteiger partial charge in [0.15, 0.2) is 0 Å². The second-order valence-electron chi connectivity index (χ2n) is 11.0. The Balaban J connectivity index is 1.38. The van der Waals surface area contributed by atoms with Crippen LogP contribution in [0, 0.1) is 18.8 Å². The summed E-state index contributed by atoms with van der Waals surface area (Å²) >= 11 is 6.10. The quantitative estimate of drug-likeness (QED) is 0.201. The van der Waals surface area contributed by atoms with Gasteiger partial charge in [-0.05, 0) is 80.7 Å². The molecule has 0 spiro atoms. The highest BCUT2D eigenvalue weighted by Gasteiger charge is 2.30. The van der Waals surface area contributed by atoms with Crippen LogP contribution in [-0.2, 0) is 23.1 Å². The number of ether oxygens (including phenoxy) is 1. The van der Waals surface area contributed by atoms with Crippen LogP contribution in [0.5, 0.6) is 6.01 Å². The van der Waals surface area contributed by atoms with Crippen LogP contribution in [0.4, 0.5) is 4.39 Å². The van der Waals surface area contributed by atoms with Crippen LogP contribution in [0.3, 0.4) is 0 Å². The topological polar surface area (TPSA) is 88.1 Å². The number of aromatic nitrogens is 3. The highest BCUT2D eigenvalue weighted by atomic mass is 35.5. The van der Waals surface area contributed by atoms with E-state index in [2.05, 4.69) is 48.9 Å². The fraction of sp³-hybridized carbons (Fsp3) is 0.500. The van der Waals surface area contributed by atoms with E-state index in [1.54, 1.807) is 12.3 Å². The Labute approximate surface area is 229 Å². The summed E-state index contributed by atoms with van der Waals surface area (Å²) in [4.78, 5) is 23.2. The van der Waals surface area contributed by atoms with Gasteiger partial charge in [0, 0.05) is 35.2 Å². The van der Waals surface area contributed by atoms with Crippen LogP contribution < -0.4 is 4.74 Å². The number of halogens is 2. The minimum absolute atomic E-state index is 0.0202. The lowest BCUT2D eigenvalue weighted by atomic mass is 9.81. The molecule has 0 unspecified atom stereocenters. The molecule has 0 radical (unpaired) electrons. The largest absolute Gasteiger partial charge is 0.481 e. The molecule has 3 aromatic rings. The maximum Gasteiger partial charge on any atom is 0.306 e. The fourth-order valence-electron chi connectivity index (χ4n) is 5.40. The molecule has 0 saturated heterocycles. The summed E-state index contributed by atoms with van der Waals surface area (Å²) in [5.41, 5.74) is 6.26. The average molecular weight is 542 g/mol. The fourth-order valence-corrected chi connectivity index (χ4v) is 5.59. The number of aliphatic carboxylic acids is 1. The van der Waals surface area contributed by atoms with Gasteiger partial charge in [0.05, 0.1) is 11.6 Å². The third-order valence-corrected chi connectivity index (χ3v) is 7.88. The first-order chi connectivity index (χ1) is 18.2. The van der Waals surface area contributed by atoms with Gasteiger partial charge in [-0.25, -0.2) is 4.98 Å². The van der Waals surface area contributed by atoms with E-state index >= 15 is 0 Å². The normalized spacial score (nSPS) is 17.9. The number of benzene rings is 1. The zero-order chi connectivity index (χ0) is 27.3. The number of carbonyl (C=O) groups is 1. The molecule has 4 rings (SSSR count). The van der Waals surface area contributed by atoms with Crippen molar-refractivity contribution in [2.75, 3.05) is 5.88 Å². The number of imidazole rings is 1. The van der Waals surface area contributed by atoms with Crippen LogP contribution in [0.1, 0.15) is 74.9 Å². The summed E-state index contributed by atoms with van der Waals surface area (Å²) in [6.45, 7) is 6.53.